The van der Waals surface area contributed by atoms with Crippen LogP contribution in [0.25, 0.3) is 10.9 Å². The quantitative estimate of drug-likeness (QED) is 0.909. The Bertz CT molecular complexity index is 602. The fourth-order valence-corrected chi connectivity index (χ4v) is 3.26. The van der Waals surface area contributed by atoms with Gasteiger partial charge >= 0.3 is 0 Å². The number of aromatic nitrogens is 1. The number of rotatable bonds is 4. The Labute approximate surface area is 124 Å². The topological polar surface area (TPSA) is 45.1 Å². The molecule has 20 heavy (non-hydrogen) atoms. The molecular formula is C16H19ClN2O. The molecule has 0 aliphatic heterocycles. The summed E-state index contributed by atoms with van der Waals surface area (Å²) in [6.07, 6.45) is 4.85. The van der Waals surface area contributed by atoms with E-state index in [0.29, 0.717) is 5.92 Å². The van der Waals surface area contributed by atoms with E-state index in [-0.39, 0.29) is 6.10 Å². The first-order chi connectivity index (χ1) is 9.74. The van der Waals surface area contributed by atoms with Crippen molar-refractivity contribution in [1.29, 1.82) is 0 Å². The maximum Gasteiger partial charge on any atom is 0.0747 e. The predicted octanol–water partition coefficient (Wildman–Crippen LogP) is 3.14. The first-order valence-corrected chi connectivity index (χ1v) is 7.54. The third kappa shape index (κ3) is 2.95. The molecule has 1 aromatic heterocycles. The Morgan fingerprint density at radius 3 is 3.05 bits per heavy atom. The minimum absolute atomic E-state index is 0.142. The minimum atomic E-state index is -0.142. The third-order valence-electron chi connectivity index (χ3n) is 4.09. The standard InChI is InChI=1S/C16H19ClN2O/c17-14-7-11-4-2-6-19-16(11)13(8-14)10-18-9-12-3-1-5-15(12)20/h2,4,6-8,12,15,18,20H,1,3,5,9-10H2/t12-,15+/m0/s1. The van der Waals surface area contributed by atoms with Crippen LogP contribution in [-0.4, -0.2) is 22.7 Å². The second kappa shape index (κ2) is 6.08. The average molecular weight is 291 g/mol. The Hall–Kier alpha value is -1.16. The van der Waals surface area contributed by atoms with Crippen molar-refractivity contribution in [2.45, 2.75) is 31.9 Å². The van der Waals surface area contributed by atoms with Gasteiger partial charge in [-0.3, -0.25) is 4.98 Å². The number of benzene rings is 1. The maximum atomic E-state index is 9.83. The van der Waals surface area contributed by atoms with Gasteiger partial charge in [0.05, 0.1) is 11.6 Å². The number of aliphatic hydroxyl groups excluding tert-OH is 1. The van der Waals surface area contributed by atoms with Gasteiger partial charge in [-0.2, -0.15) is 0 Å². The van der Waals surface area contributed by atoms with E-state index in [0.717, 1.165) is 53.8 Å². The number of hydrogen-bond donors (Lipinski definition) is 2. The monoisotopic (exact) mass is 290 g/mol. The highest BCUT2D eigenvalue weighted by atomic mass is 35.5. The molecule has 1 aliphatic rings. The van der Waals surface area contributed by atoms with Crippen LogP contribution in [0.4, 0.5) is 0 Å². The number of nitrogens with zero attached hydrogens (tertiary/aromatic N) is 1. The van der Waals surface area contributed by atoms with Crippen LogP contribution in [0.2, 0.25) is 5.02 Å². The van der Waals surface area contributed by atoms with Gasteiger partial charge < -0.3 is 10.4 Å². The average Bonchev–Trinajstić information content (AvgIpc) is 2.84. The molecule has 1 saturated carbocycles. The predicted molar refractivity (Wildman–Crippen MR) is 81.8 cm³/mol. The molecule has 0 unspecified atom stereocenters. The molecule has 106 valence electrons. The van der Waals surface area contributed by atoms with E-state index in [1.54, 1.807) is 6.20 Å². The fraction of sp³-hybridized carbons (Fsp3) is 0.438. The third-order valence-corrected chi connectivity index (χ3v) is 4.31. The zero-order chi connectivity index (χ0) is 13.9. The molecule has 2 atom stereocenters. The summed E-state index contributed by atoms with van der Waals surface area (Å²) in [5.74, 6) is 0.383. The van der Waals surface area contributed by atoms with Gasteiger partial charge in [0.2, 0.25) is 0 Å². The van der Waals surface area contributed by atoms with Crippen molar-refractivity contribution in [2.24, 2.45) is 5.92 Å². The van der Waals surface area contributed by atoms with Crippen LogP contribution in [0.3, 0.4) is 0 Å². The highest BCUT2D eigenvalue weighted by Gasteiger charge is 2.24. The Morgan fingerprint density at radius 2 is 2.25 bits per heavy atom. The Kier molecular flexibility index (Phi) is 4.20. The number of fused-ring (bicyclic) bond motifs is 1. The summed E-state index contributed by atoms with van der Waals surface area (Å²) in [6.45, 7) is 1.58. The van der Waals surface area contributed by atoms with Gasteiger partial charge in [-0.05, 0) is 42.5 Å². The summed E-state index contributed by atoms with van der Waals surface area (Å²) in [5, 5.41) is 15.1. The second-order valence-corrected chi connectivity index (χ2v) is 5.97. The molecule has 1 aliphatic carbocycles. The van der Waals surface area contributed by atoms with Crippen LogP contribution in [0.5, 0.6) is 0 Å². The molecule has 3 rings (SSSR count). The van der Waals surface area contributed by atoms with E-state index in [1.165, 1.54) is 0 Å². The number of halogens is 1. The van der Waals surface area contributed by atoms with Crippen LogP contribution >= 0.6 is 11.6 Å². The van der Waals surface area contributed by atoms with Gasteiger partial charge in [0.25, 0.3) is 0 Å². The largest absolute Gasteiger partial charge is 0.393 e. The Balaban J connectivity index is 1.71. The van der Waals surface area contributed by atoms with Crippen molar-refractivity contribution in [3.63, 3.8) is 0 Å². The summed E-state index contributed by atoms with van der Waals surface area (Å²) in [6, 6.07) is 7.85. The molecule has 1 fully saturated rings. The van der Waals surface area contributed by atoms with E-state index in [1.807, 2.05) is 24.3 Å². The highest BCUT2D eigenvalue weighted by Crippen LogP contribution is 2.25. The molecule has 3 nitrogen and oxygen atoms in total. The lowest BCUT2D eigenvalue weighted by Gasteiger charge is -2.15. The van der Waals surface area contributed by atoms with Crippen LogP contribution in [0.1, 0.15) is 24.8 Å². The van der Waals surface area contributed by atoms with E-state index in [2.05, 4.69) is 10.3 Å². The maximum absolute atomic E-state index is 9.83. The number of hydrogen-bond acceptors (Lipinski definition) is 3. The molecule has 0 saturated heterocycles. The van der Waals surface area contributed by atoms with Crippen molar-refractivity contribution in [1.82, 2.24) is 10.3 Å². The highest BCUT2D eigenvalue weighted by molar-refractivity contribution is 6.31. The smallest absolute Gasteiger partial charge is 0.0747 e. The molecule has 1 aromatic carbocycles. The second-order valence-electron chi connectivity index (χ2n) is 5.53. The lowest BCUT2D eigenvalue weighted by molar-refractivity contribution is 0.131. The lowest BCUT2D eigenvalue weighted by Crippen LogP contribution is -2.27. The van der Waals surface area contributed by atoms with E-state index >= 15 is 0 Å². The van der Waals surface area contributed by atoms with Crippen molar-refractivity contribution in [3.8, 4) is 0 Å². The van der Waals surface area contributed by atoms with Crippen LogP contribution in [0, 0.1) is 5.92 Å². The van der Waals surface area contributed by atoms with Gasteiger partial charge in [0.15, 0.2) is 0 Å². The van der Waals surface area contributed by atoms with Crippen molar-refractivity contribution in [2.75, 3.05) is 6.54 Å². The first-order valence-electron chi connectivity index (χ1n) is 7.16. The van der Waals surface area contributed by atoms with E-state index < -0.39 is 0 Å². The SMILES string of the molecule is O[C@@H]1CCC[C@H]1CNCc1cc(Cl)cc2cccnc12. The normalized spacial score (nSPS) is 22.5. The summed E-state index contributed by atoms with van der Waals surface area (Å²) in [4.78, 5) is 4.44. The van der Waals surface area contributed by atoms with Gasteiger partial charge in [0.1, 0.15) is 0 Å². The van der Waals surface area contributed by atoms with E-state index in [9.17, 15) is 5.11 Å². The number of nitrogens with one attached hydrogen (secondary N) is 1. The molecular weight excluding hydrogens is 272 g/mol. The van der Waals surface area contributed by atoms with Gasteiger partial charge in [-0.25, -0.2) is 0 Å². The summed E-state index contributed by atoms with van der Waals surface area (Å²) in [7, 11) is 0. The summed E-state index contributed by atoms with van der Waals surface area (Å²) >= 11 is 6.16. The van der Waals surface area contributed by atoms with Crippen molar-refractivity contribution in [3.05, 3.63) is 41.0 Å². The summed E-state index contributed by atoms with van der Waals surface area (Å²) < 4.78 is 0. The molecule has 2 aromatic rings. The number of aliphatic hydroxyl groups is 1. The molecule has 0 spiro atoms. The molecule has 1 heterocycles. The zero-order valence-electron chi connectivity index (χ0n) is 11.3. The van der Waals surface area contributed by atoms with Gasteiger partial charge in [-0.15, -0.1) is 0 Å². The van der Waals surface area contributed by atoms with E-state index in [4.69, 9.17) is 11.6 Å². The molecule has 0 amide bonds. The molecule has 0 radical (unpaired) electrons. The van der Waals surface area contributed by atoms with Gasteiger partial charge in [0, 0.05) is 29.7 Å². The number of pyridine rings is 1. The minimum Gasteiger partial charge on any atom is -0.393 e. The van der Waals surface area contributed by atoms with Crippen molar-refractivity contribution < 1.29 is 5.11 Å². The molecule has 4 heteroatoms. The molecule has 0 bridgehead atoms. The lowest BCUT2D eigenvalue weighted by atomic mass is 10.1. The Morgan fingerprint density at radius 1 is 1.35 bits per heavy atom. The first kappa shape index (κ1) is 13.8. The van der Waals surface area contributed by atoms with Crippen molar-refractivity contribution >= 4 is 22.5 Å². The molecule has 2 N–H and O–H groups in total. The zero-order valence-corrected chi connectivity index (χ0v) is 12.1. The van der Waals surface area contributed by atoms with Gasteiger partial charge in [-0.1, -0.05) is 24.1 Å². The van der Waals surface area contributed by atoms with Crippen LogP contribution in [0.15, 0.2) is 30.5 Å². The van der Waals surface area contributed by atoms with Crippen LogP contribution < -0.4 is 5.32 Å². The van der Waals surface area contributed by atoms with Crippen LogP contribution in [-0.2, 0) is 6.54 Å². The summed E-state index contributed by atoms with van der Waals surface area (Å²) in [5.41, 5.74) is 2.11. The fourth-order valence-electron chi connectivity index (χ4n) is 3.01.